The van der Waals surface area contributed by atoms with E-state index in [0.717, 1.165) is 44.2 Å². The number of fused-ring (bicyclic) bond motifs is 1. The Morgan fingerprint density at radius 2 is 1.90 bits per heavy atom. The first-order chi connectivity index (χ1) is 9.40. The van der Waals surface area contributed by atoms with Crippen LogP contribution in [0.3, 0.4) is 0 Å². The molecule has 3 rings (SSSR count). The number of carbonyl (C=O) groups excluding carboxylic acids is 1. The van der Waals surface area contributed by atoms with Crippen LogP contribution in [0.4, 0.5) is 0 Å². The number of carbonyl (C=O) groups is 1. The van der Waals surface area contributed by atoms with Crippen LogP contribution >= 0.6 is 0 Å². The lowest BCUT2D eigenvalue weighted by Crippen LogP contribution is -2.33. The van der Waals surface area contributed by atoms with Crippen LogP contribution in [0.2, 0.25) is 0 Å². The van der Waals surface area contributed by atoms with Crippen LogP contribution in [0.15, 0.2) is 0 Å². The summed E-state index contributed by atoms with van der Waals surface area (Å²) < 4.78 is 0. The summed E-state index contributed by atoms with van der Waals surface area (Å²) >= 11 is 0. The van der Waals surface area contributed by atoms with Gasteiger partial charge in [0, 0.05) is 12.2 Å². The van der Waals surface area contributed by atoms with Crippen LogP contribution < -0.4 is 5.32 Å². The second kappa shape index (κ2) is 4.58. The molecular weight excluding hydrogens is 254 g/mol. The summed E-state index contributed by atoms with van der Waals surface area (Å²) in [6.45, 7) is 4.89. The molecule has 0 spiro atoms. The lowest BCUT2D eigenvalue weighted by molar-refractivity contribution is -0.00837. The molecule has 1 amide bonds. The summed E-state index contributed by atoms with van der Waals surface area (Å²) in [5, 5.41) is 13.7. The molecule has 1 fully saturated rings. The first-order valence-corrected chi connectivity index (χ1v) is 7.50. The van der Waals surface area contributed by atoms with Gasteiger partial charge >= 0.3 is 0 Å². The van der Waals surface area contributed by atoms with Crippen LogP contribution in [0.5, 0.6) is 0 Å². The highest BCUT2D eigenvalue weighted by atomic mass is 16.3. The smallest absolute Gasteiger partial charge is 0.271 e. The lowest BCUT2D eigenvalue weighted by atomic mass is 9.84. The van der Waals surface area contributed by atoms with Gasteiger partial charge in [-0.15, -0.1) is 0 Å². The predicted octanol–water partition coefficient (Wildman–Crippen LogP) is 1.87. The van der Waals surface area contributed by atoms with Gasteiger partial charge in [0.25, 0.3) is 5.91 Å². The molecule has 5 heteroatoms. The molecule has 1 aromatic rings. The molecule has 5 nitrogen and oxygen atoms in total. The van der Waals surface area contributed by atoms with Gasteiger partial charge in [-0.3, -0.25) is 4.79 Å². The van der Waals surface area contributed by atoms with Crippen molar-refractivity contribution in [1.29, 1.82) is 0 Å². The van der Waals surface area contributed by atoms with Crippen molar-refractivity contribution in [2.75, 3.05) is 6.54 Å². The van der Waals surface area contributed by atoms with Crippen molar-refractivity contribution in [2.45, 2.75) is 58.0 Å². The minimum absolute atomic E-state index is 0.000102. The molecular formula is C15H23N3O2. The van der Waals surface area contributed by atoms with Crippen LogP contribution in [0.25, 0.3) is 0 Å². The monoisotopic (exact) mass is 277 g/mol. The van der Waals surface area contributed by atoms with Crippen molar-refractivity contribution >= 4 is 5.91 Å². The van der Waals surface area contributed by atoms with Gasteiger partial charge in [-0.1, -0.05) is 33.1 Å². The predicted molar refractivity (Wildman–Crippen MR) is 75.4 cm³/mol. The molecule has 0 atom stereocenters. The van der Waals surface area contributed by atoms with Crippen LogP contribution in [-0.2, 0) is 12.0 Å². The molecule has 2 aliphatic rings. The summed E-state index contributed by atoms with van der Waals surface area (Å²) in [6, 6.07) is 0. The van der Waals surface area contributed by atoms with Crippen molar-refractivity contribution in [3.63, 3.8) is 0 Å². The van der Waals surface area contributed by atoms with E-state index < -0.39 is 5.60 Å². The molecule has 0 saturated heterocycles. The van der Waals surface area contributed by atoms with Gasteiger partial charge in [-0.2, -0.15) is 0 Å². The number of H-pyrrole nitrogens is 1. The van der Waals surface area contributed by atoms with E-state index in [4.69, 9.17) is 0 Å². The Morgan fingerprint density at radius 1 is 1.20 bits per heavy atom. The van der Waals surface area contributed by atoms with Crippen molar-refractivity contribution in [2.24, 2.45) is 5.41 Å². The second-order valence-corrected chi connectivity index (χ2v) is 7.03. The highest BCUT2D eigenvalue weighted by molar-refractivity contribution is 5.94. The van der Waals surface area contributed by atoms with Crippen molar-refractivity contribution < 1.29 is 9.90 Å². The molecule has 2 heterocycles. The summed E-state index contributed by atoms with van der Waals surface area (Å²) in [5.74, 6) is 0.447. The standard InChI is InChI=1S/C15H23N3O2/c1-14(2)8-10-11(12(19)16-9-14)18-13(17-10)15(20)6-4-3-5-7-15/h20H,3-9H2,1-2H3,(H,16,19)(H,17,18). The Morgan fingerprint density at radius 3 is 2.60 bits per heavy atom. The zero-order valence-electron chi connectivity index (χ0n) is 12.3. The first-order valence-electron chi connectivity index (χ1n) is 7.50. The zero-order chi connectivity index (χ0) is 14.4. The van der Waals surface area contributed by atoms with E-state index in [1.165, 1.54) is 0 Å². The van der Waals surface area contributed by atoms with E-state index in [1.807, 2.05) is 0 Å². The molecule has 1 aliphatic carbocycles. The molecule has 1 aliphatic heterocycles. The normalized spacial score (nSPS) is 24.6. The van der Waals surface area contributed by atoms with E-state index in [2.05, 4.69) is 29.1 Å². The topological polar surface area (TPSA) is 78.0 Å². The van der Waals surface area contributed by atoms with Gasteiger partial charge in [-0.05, 0) is 24.7 Å². The Hall–Kier alpha value is -1.36. The summed E-state index contributed by atoms with van der Waals surface area (Å²) in [7, 11) is 0. The van der Waals surface area contributed by atoms with Crippen LogP contribution in [0, 0.1) is 5.41 Å². The molecule has 1 aromatic heterocycles. The van der Waals surface area contributed by atoms with Gasteiger partial charge in [0.15, 0.2) is 0 Å². The molecule has 3 N–H and O–H groups in total. The number of nitrogens with one attached hydrogen (secondary N) is 2. The van der Waals surface area contributed by atoms with E-state index in [0.29, 0.717) is 18.1 Å². The summed E-state index contributed by atoms with van der Waals surface area (Å²) in [5.41, 5.74) is 0.443. The molecule has 1 saturated carbocycles. The number of aromatic amines is 1. The largest absolute Gasteiger partial charge is 0.382 e. The summed E-state index contributed by atoms with van der Waals surface area (Å²) in [4.78, 5) is 19.8. The number of aromatic nitrogens is 2. The van der Waals surface area contributed by atoms with E-state index in [9.17, 15) is 9.90 Å². The third-order valence-corrected chi connectivity index (χ3v) is 4.50. The number of aliphatic hydroxyl groups is 1. The Kier molecular flexibility index (Phi) is 3.12. The fourth-order valence-electron chi connectivity index (χ4n) is 3.26. The Labute approximate surface area is 119 Å². The van der Waals surface area contributed by atoms with E-state index >= 15 is 0 Å². The Balaban J connectivity index is 1.97. The van der Waals surface area contributed by atoms with Crippen molar-refractivity contribution in [3.05, 3.63) is 17.2 Å². The number of hydrogen-bond acceptors (Lipinski definition) is 3. The average molecular weight is 277 g/mol. The van der Waals surface area contributed by atoms with Crippen molar-refractivity contribution in [3.8, 4) is 0 Å². The maximum Gasteiger partial charge on any atom is 0.271 e. The van der Waals surface area contributed by atoms with E-state index in [-0.39, 0.29) is 11.3 Å². The maximum absolute atomic E-state index is 12.1. The number of nitrogens with zero attached hydrogens (tertiary/aromatic N) is 1. The fraction of sp³-hybridized carbons (Fsp3) is 0.733. The number of amides is 1. The van der Waals surface area contributed by atoms with Crippen LogP contribution in [-0.4, -0.2) is 27.5 Å². The number of imidazole rings is 1. The molecule has 0 unspecified atom stereocenters. The highest BCUT2D eigenvalue weighted by Crippen LogP contribution is 2.36. The van der Waals surface area contributed by atoms with Gasteiger partial charge in [0.05, 0.1) is 0 Å². The van der Waals surface area contributed by atoms with Gasteiger partial charge in [0.2, 0.25) is 0 Å². The maximum atomic E-state index is 12.1. The molecule has 0 aromatic carbocycles. The molecule has 110 valence electrons. The Bertz CT molecular complexity index is 527. The van der Waals surface area contributed by atoms with Gasteiger partial charge in [-0.25, -0.2) is 4.98 Å². The average Bonchev–Trinajstić information content (AvgIpc) is 2.77. The number of hydrogen-bond donors (Lipinski definition) is 3. The molecule has 0 radical (unpaired) electrons. The number of rotatable bonds is 1. The highest BCUT2D eigenvalue weighted by Gasteiger charge is 2.37. The molecule has 0 bridgehead atoms. The quantitative estimate of drug-likeness (QED) is 0.733. The van der Waals surface area contributed by atoms with E-state index in [1.54, 1.807) is 0 Å². The van der Waals surface area contributed by atoms with Crippen molar-refractivity contribution in [1.82, 2.24) is 15.3 Å². The van der Waals surface area contributed by atoms with Gasteiger partial charge < -0.3 is 15.4 Å². The minimum Gasteiger partial charge on any atom is -0.382 e. The SMILES string of the molecule is CC1(C)CNC(=O)c2nc(C3(O)CCCCC3)[nH]c2C1. The summed E-state index contributed by atoms with van der Waals surface area (Å²) in [6.07, 6.45) is 5.41. The minimum atomic E-state index is -0.880. The fourth-order valence-corrected chi connectivity index (χ4v) is 3.26. The second-order valence-electron chi connectivity index (χ2n) is 7.03. The molecule has 20 heavy (non-hydrogen) atoms. The third-order valence-electron chi connectivity index (χ3n) is 4.50. The van der Waals surface area contributed by atoms with Gasteiger partial charge in [0.1, 0.15) is 17.1 Å². The first kappa shape index (κ1) is 13.6. The lowest BCUT2D eigenvalue weighted by Gasteiger charge is -2.30. The van der Waals surface area contributed by atoms with Crippen LogP contribution in [0.1, 0.15) is 68.0 Å². The third kappa shape index (κ3) is 2.35. The zero-order valence-corrected chi connectivity index (χ0v) is 12.3.